The van der Waals surface area contributed by atoms with Crippen molar-refractivity contribution in [2.24, 2.45) is 5.92 Å². The summed E-state index contributed by atoms with van der Waals surface area (Å²) in [5.74, 6) is 1.09. The molecule has 1 aromatic carbocycles. The number of H-pyrrole nitrogens is 2. The molecule has 1 aliphatic rings. The number of aromatic nitrogens is 7. The minimum atomic E-state index is -0.304. The summed E-state index contributed by atoms with van der Waals surface area (Å²) in [6, 6.07) is 10.6. The summed E-state index contributed by atoms with van der Waals surface area (Å²) in [5.41, 5.74) is 7.31. The van der Waals surface area contributed by atoms with Crippen LogP contribution in [0.5, 0.6) is 0 Å². The highest BCUT2D eigenvalue weighted by Gasteiger charge is 2.17. The Bertz CT molecular complexity index is 1780. The third kappa shape index (κ3) is 4.66. The summed E-state index contributed by atoms with van der Waals surface area (Å²) in [7, 11) is 0. The zero-order valence-electron chi connectivity index (χ0n) is 21.3. The maximum absolute atomic E-state index is 13.9. The van der Waals surface area contributed by atoms with Crippen molar-refractivity contribution in [2.45, 2.75) is 32.2 Å². The van der Waals surface area contributed by atoms with E-state index in [1.165, 1.54) is 37.8 Å². The van der Waals surface area contributed by atoms with Crippen molar-refractivity contribution < 1.29 is 4.39 Å². The molecule has 39 heavy (non-hydrogen) atoms. The Morgan fingerprint density at radius 3 is 2.72 bits per heavy atom. The largest absolute Gasteiger partial charge is 0.335 e. The van der Waals surface area contributed by atoms with Gasteiger partial charge in [0.25, 0.3) is 0 Å². The molecule has 5 heterocycles. The molecule has 5 aromatic heterocycles. The number of halogens is 1. The summed E-state index contributed by atoms with van der Waals surface area (Å²) in [5, 5.41) is 12.1. The highest BCUT2D eigenvalue weighted by atomic mass is 19.1. The van der Waals surface area contributed by atoms with Gasteiger partial charge in [0.2, 0.25) is 0 Å². The van der Waals surface area contributed by atoms with Gasteiger partial charge in [0, 0.05) is 41.6 Å². The van der Waals surface area contributed by atoms with E-state index in [4.69, 9.17) is 4.98 Å². The molecule has 1 saturated carbocycles. The van der Waals surface area contributed by atoms with Crippen molar-refractivity contribution in [1.29, 1.82) is 0 Å². The van der Waals surface area contributed by atoms with Crippen LogP contribution in [0.3, 0.4) is 0 Å². The van der Waals surface area contributed by atoms with Crippen LogP contribution in [-0.2, 0) is 6.54 Å². The lowest BCUT2D eigenvalue weighted by molar-refractivity contribution is 0.489. The number of nitrogens with one attached hydrogen (secondary N) is 3. The summed E-state index contributed by atoms with van der Waals surface area (Å²) >= 11 is 0. The molecule has 0 aliphatic heterocycles. The molecule has 0 spiro atoms. The Balaban J connectivity index is 1.20. The molecule has 0 radical (unpaired) electrons. The third-order valence-electron chi connectivity index (χ3n) is 7.53. The Morgan fingerprint density at radius 1 is 0.923 bits per heavy atom. The van der Waals surface area contributed by atoms with E-state index in [1.54, 1.807) is 24.7 Å². The lowest BCUT2D eigenvalue weighted by Crippen LogP contribution is -2.20. The molecule has 1 aliphatic carbocycles. The van der Waals surface area contributed by atoms with Crippen LogP contribution in [0.2, 0.25) is 0 Å². The van der Waals surface area contributed by atoms with E-state index in [-0.39, 0.29) is 5.82 Å². The molecule has 7 rings (SSSR count). The van der Waals surface area contributed by atoms with Crippen molar-refractivity contribution in [3.63, 3.8) is 0 Å². The van der Waals surface area contributed by atoms with Gasteiger partial charge in [-0.1, -0.05) is 25.0 Å². The van der Waals surface area contributed by atoms with Crippen molar-refractivity contribution >= 4 is 21.9 Å². The van der Waals surface area contributed by atoms with Gasteiger partial charge in [-0.25, -0.2) is 9.37 Å². The second-order valence-electron chi connectivity index (χ2n) is 10.2. The highest BCUT2D eigenvalue weighted by Crippen LogP contribution is 2.32. The molecule has 0 bridgehead atoms. The van der Waals surface area contributed by atoms with Crippen LogP contribution in [0.15, 0.2) is 67.4 Å². The van der Waals surface area contributed by atoms with Gasteiger partial charge in [-0.05, 0) is 60.7 Å². The molecular formula is C30H27FN8. The Hall–Kier alpha value is -4.50. The van der Waals surface area contributed by atoms with Crippen LogP contribution >= 0.6 is 0 Å². The number of pyridine rings is 3. The minimum Gasteiger partial charge on any atom is -0.335 e. The van der Waals surface area contributed by atoms with E-state index in [0.717, 1.165) is 63.4 Å². The highest BCUT2D eigenvalue weighted by molar-refractivity contribution is 5.97. The van der Waals surface area contributed by atoms with Gasteiger partial charge in [-0.15, -0.1) is 0 Å². The molecule has 6 aromatic rings. The molecule has 194 valence electrons. The van der Waals surface area contributed by atoms with Gasteiger partial charge in [0.05, 0.1) is 34.6 Å². The van der Waals surface area contributed by atoms with E-state index >= 15 is 0 Å². The van der Waals surface area contributed by atoms with Gasteiger partial charge >= 0.3 is 0 Å². The van der Waals surface area contributed by atoms with Crippen molar-refractivity contribution in [3.05, 3.63) is 78.8 Å². The number of nitrogens with zero attached hydrogens (tertiary/aromatic N) is 5. The SMILES string of the molecule is Fc1cccc(-c2cncc3[nH]c(-c4n[nH]c5cnc(-c6cncc(CNCC7CCCC7)c6)cc45)nc23)c1. The van der Waals surface area contributed by atoms with Crippen molar-refractivity contribution in [3.8, 4) is 33.9 Å². The molecule has 0 atom stereocenters. The lowest BCUT2D eigenvalue weighted by atomic mass is 10.1. The standard InChI is InChI=1S/C30H27FN8/c31-22-7-3-6-20(9-22)24-15-34-16-27-28(24)37-30(36-27)29-23-10-25(35-17-26(23)38-39-29)21-8-19(13-33-14-21)12-32-11-18-4-1-2-5-18/h3,6-10,13-18,32H,1-2,4-5,11-12H2,(H,36,37)(H,38,39). The topological polar surface area (TPSA) is 108 Å². The minimum absolute atomic E-state index is 0.304. The first-order valence-electron chi connectivity index (χ1n) is 13.3. The van der Waals surface area contributed by atoms with Crippen LogP contribution < -0.4 is 5.32 Å². The van der Waals surface area contributed by atoms with Crippen LogP contribution in [0.1, 0.15) is 31.2 Å². The average molecular weight is 519 g/mol. The molecule has 8 nitrogen and oxygen atoms in total. The summed E-state index contributed by atoms with van der Waals surface area (Å²) in [6.07, 6.45) is 14.3. The lowest BCUT2D eigenvalue weighted by Gasteiger charge is -2.11. The molecule has 1 fully saturated rings. The molecule has 0 unspecified atom stereocenters. The fourth-order valence-electron chi connectivity index (χ4n) is 5.53. The summed E-state index contributed by atoms with van der Waals surface area (Å²) in [6.45, 7) is 1.85. The Labute approximate surface area is 224 Å². The number of hydrogen-bond acceptors (Lipinski definition) is 6. The molecule has 9 heteroatoms. The number of fused-ring (bicyclic) bond motifs is 2. The van der Waals surface area contributed by atoms with Crippen LogP contribution in [-0.4, -0.2) is 41.7 Å². The van der Waals surface area contributed by atoms with E-state index in [9.17, 15) is 4.39 Å². The summed E-state index contributed by atoms with van der Waals surface area (Å²) in [4.78, 5) is 21.7. The Morgan fingerprint density at radius 2 is 1.82 bits per heavy atom. The maximum Gasteiger partial charge on any atom is 0.159 e. The van der Waals surface area contributed by atoms with E-state index in [1.807, 2.05) is 24.5 Å². The zero-order valence-corrected chi connectivity index (χ0v) is 21.3. The second kappa shape index (κ2) is 9.99. The smallest absolute Gasteiger partial charge is 0.159 e. The fraction of sp³-hybridized carbons (Fsp3) is 0.233. The summed E-state index contributed by atoms with van der Waals surface area (Å²) < 4.78 is 13.9. The van der Waals surface area contributed by atoms with Crippen LogP contribution in [0, 0.1) is 11.7 Å². The normalized spacial score (nSPS) is 14.1. The van der Waals surface area contributed by atoms with Gasteiger partial charge in [0.1, 0.15) is 11.5 Å². The van der Waals surface area contributed by atoms with Crippen LogP contribution in [0.4, 0.5) is 4.39 Å². The van der Waals surface area contributed by atoms with E-state index < -0.39 is 0 Å². The number of imidazole rings is 1. The number of benzene rings is 1. The predicted molar refractivity (Wildman–Crippen MR) is 149 cm³/mol. The van der Waals surface area contributed by atoms with Gasteiger partial charge in [-0.2, -0.15) is 5.10 Å². The van der Waals surface area contributed by atoms with Crippen molar-refractivity contribution in [1.82, 2.24) is 40.4 Å². The van der Waals surface area contributed by atoms with E-state index in [2.05, 4.69) is 41.5 Å². The number of aromatic amines is 2. The number of rotatable bonds is 7. The predicted octanol–water partition coefficient (Wildman–Crippen LogP) is 6.04. The Kier molecular flexibility index (Phi) is 6.05. The monoisotopic (exact) mass is 518 g/mol. The molecule has 3 N–H and O–H groups in total. The zero-order chi connectivity index (χ0) is 26.2. The second-order valence-corrected chi connectivity index (χ2v) is 10.2. The quantitative estimate of drug-likeness (QED) is 0.238. The average Bonchev–Trinajstić information content (AvgIpc) is 3.72. The van der Waals surface area contributed by atoms with Gasteiger partial charge < -0.3 is 10.3 Å². The molecule has 0 saturated heterocycles. The van der Waals surface area contributed by atoms with Crippen molar-refractivity contribution in [2.75, 3.05) is 6.54 Å². The first-order chi connectivity index (χ1) is 19.2. The fourth-order valence-corrected chi connectivity index (χ4v) is 5.53. The third-order valence-corrected chi connectivity index (χ3v) is 7.53. The van der Waals surface area contributed by atoms with Gasteiger partial charge in [0.15, 0.2) is 5.82 Å². The van der Waals surface area contributed by atoms with Crippen LogP contribution in [0.25, 0.3) is 55.8 Å². The maximum atomic E-state index is 13.9. The van der Waals surface area contributed by atoms with E-state index in [0.29, 0.717) is 17.0 Å². The first kappa shape index (κ1) is 23.6. The van der Waals surface area contributed by atoms with Gasteiger partial charge in [-0.3, -0.25) is 20.1 Å². The molecular weight excluding hydrogens is 491 g/mol. The number of hydrogen-bond donors (Lipinski definition) is 3. The molecule has 0 amide bonds. The first-order valence-corrected chi connectivity index (χ1v) is 13.3.